The first kappa shape index (κ1) is 21.5. The van der Waals surface area contributed by atoms with Crippen LogP contribution < -0.4 is 4.74 Å². The lowest BCUT2D eigenvalue weighted by Gasteiger charge is -2.55. The zero-order chi connectivity index (χ0) is 22.1. The largest absolute Gasteiger partial charge is 0.504 e. The average Bonchev–Trinajstić information content (AvgIpc) is 3.49. The number of aryl methyl sites for hydroxylation is 1. The van der Waals surface area contributed by atoms with Crippen LogP contribution in [0.2, 0.25) is 0 Å². The van der Waals surface area contributed by atoms with Crippen molar-refractivity contribution in [2.75, 3.05) is 13.7 Å². The molecule has 2 N–H and O–H groups in total. The molecule has 2 saturated carbocycles. The standard InChI is InChI=1S/C26H39NO4/c1-15-6-9-20(28)23-22(15)19-11-13-27(18-7-8-18)16(2)17-10-12-26(30-5,24(19)31-23)21(14-17)25(3,4)29/h6,9,16-19,21,24,28-29H,7-8,10-14H2,1-5H3/t16-,17?,19-,21-,24-,26?/m1/s1. The van der Waals surface area contributed by atoms with Gasteiger partial charge in [-0.25, -0.2) is 0 Å². The Morgan fingerprint density at radius 1 is 1.19 bits per heavy atom. The molecule has 31 heavy (non-hydrogen) atoms. The van der Waals surface area contributed by atoms with Crippen molar-refractivity contribution in [2.24, 2.45) is 11.8 Å². The third-order valence-electron chi connectivity index (χ3n) is 9.04. The van der Waals surface area contributed by atoms with E-state index in [1.807, 2.05) is 19.9 Å². The van der Waals surface area contributed by atoms with E-state index in [0.717, 1.165) is 37.8 Å². The molecule has 0 amide bonds. The summed E-state index contributed by atoms with van der Waals surface area (Å²) in [4.78, 5) is 2.74. The second-order valence-electron chi connectivity index (χ2n) is 11.2. The highest BCUT2D eigenvalue weighted by atomic mass is 16.6. The molecule has 6 atom stereocenters. The quantitative estimate of drug-likeness (QED) is 0.747. The summed E-state index contributed by atoms with van der Waals surface area (Å²) in [5.41, 5.74) is 0.862. The van der Waals surface area contributed by atoms with Gasteiger partial charge < -0.3 is 19.7 Å². The van der Waals surface area contributed by atoms with Crippen LogP contribution >= 0.6 is 0 Å². The number of phenols is 1. The minimum atomic E-state index is -0.877. The van der Waals surface area contributed by atoms with Crippen LogP contribution in [-0.4, -0.2) is 58.2 Å². The fourth-order valence-electron chi connectivity index (χ4n) is 7.28. The van der Waals surface area contributed by atoms with Gasteiger partial charge in [0.1, 0.15) is 11.7 Å². The zero-order valence-electron chi connectivity index (χ0n) is 19.7. The summed E-state index contributed by atoms with van der Waals surface area (Å²) in [6.45, 7) is 9.44. The number of aromatic hydroxyl groups is 1. The van der Waals surface area contributed by atoms with Gasteiger partial charge in [-0.05, 0) is 90.3 Å². The zero-order valence-corrected chi connectivity index (χ0v) is 19.7. The Balaban J connectivity index is 1.65. The SMILES string of the molecule is COC12CCC(C[C@@H]1C(C)(C)O)[C@@H](C)N(C1CC1)CC[C@@H]1c3c(C)ccc(O)c3O[C@H]12. The van der Waals surface area contributed by atoms with Gasteiger partial charge >= 0.3 is 0 Å². The van der Waals surface area contributed by atoms with Gasteiger partial charge in [0, 0.05) is 36.6 Å². The van der Waals surface area contributed by atoms with E-state index in [2.05, 4.69) is 18.7 Å². The van der Waals surface area contributed by atoms with Gasteiger partial charge in [0.25, 0.3) is 0 Å². The van der Waals surface area contributed by atoms with Crippen molar-refractivity contribution in [3.8, 4) is 11.5 Å². The predicted octanol–water partition coefficient (Wildman–Crippen LogP) is 4.37. The fourth-order valence-corrected chi connectivity index (χ4v) is 7.28. The van der Waals surface area contributed by atoms with Crippen molar-refractivity contribution >= 4 is 0 Å². The lowest BCUT2D eigenvalue weighted by atomic mass is 9.59. The molecule has 172 valence electrons. The summed E-state index contributed by atoms with van der Waals surface area (Å²) in [6, 6.07) is 4.96. The van der Waals surface area contributed by atoms with E-state index in [1.165, 1.54) is 18.4 Å². The van der Waals surface area contributed by atoms with Crippen LogP contribution in [0.5, 0.6) is 11.5 Å². The van der Waals surface area contributed by atoms with Crippen molar-refractivity contribution in [1.82, 2.24) is 4.90 Å². The Morgan fingerprint density at radius 3 is 2.58 bits per heavy atom. The molecule has 1 aromatic carbocycles. The van der Waals surface area contributed by atoms with Crippen molar-refractivity contribution < 1.29 is 19.7 Å². The van der Waals surface area contributed by atoms with Crippen LogP contribution in [0.3, 0.4) is 0 Å². The predicted molar refractivity (Wildman–Crippen MR) is 121 cm³/mol. The number of hydrogen-bond donors (Lipinski definition) is 2. The van der Waals surface area contributed by atoms with Crippen molar-refractivity contribution in [3.63, 3.8) is 0 Å². The van der Waals surface area contributed by atoms with E-state index in [-0.39, 0.29) is 23.7 Å². The third-order valence-corrected chi connectivity index (χ3v) is 9.04. The molecule has 1 aromatic rings. The number of fused-ring (bicyclic) bond motifs is 6. The number of hydrogen-bond acceptors (Lipinski definition) is 5. The maximum Gasteiger partial charge on any atom is 0.165 e. The summed E-state index contributed by atoms with van der Waals surface area (Å²) in [7, 11) is 1.79. The Morgan fingerprint density at radius 2 is 1.94 bits per heavy atom. The van der Waals surface area contributed by atoms with Crippen molar-refractivity contribution in [1.29, 1.82) is 0 Å². The fraction of sp³-hybridized carbons (Fsp3) is 0.769. The second kappa shape index (κ2) is 7.36. The molecule has 0 aromatic heterocycles. The Kier molecular flexibility index (Phi) is 5.11. The topological polar surface area (TPSA) is 62.2 Å². The molecule has 5 aliphatic rings. The lowest BCUT2D eigenvalue weighted by Crippen LogP contribution is -2.63. The minimum Gasteiger partial charge on any atom is -0.504 e. The van der Waals surface area contributed by atoms with Crippen LogP contribution in [0, 0.1) is 18.8 Å². The van der Waals surface area contributed by atoms with Gasteiger partial charge in [0.05, 0.1) is 5.60 Å². The number of benzene rings is 1. The van der Waals surface area contributed by atoms with Crippen LogP contribution in [0.15, 0.2) is 12.1 Å². The molecule has 0 radical (unpaired) electrons. The minimum absolute atomic E-state index is 0.0328. The highest BCUT2D eigenvalue weighted by Crippen LogP contribution is 2.58. The second-order valence-corrected chi connectivity index (χ2v) is 11.2. The lowest BCUT2D eigenvalue weighted by molar-refractivity contribution is -0.206. The van der Waals surface area contributed by atoms with E-state index in [0.29, 0.717) is 23.8 Å². The van der Waals surface area contributed by atoms with E-state index in [1.54, 1.807) is 13.2 Å². The number of phenolic OH excluding ortho intramolecular Hbond substituents is 1. The third kappa shape index (κ3) is 3.30. The van der Waals surface area contributed by atoms with Crippen molar-refractivity contribution in [2.45, 2.75) is 102 Å². The monoisotopic (exact) mass is 429 g/mol. The van der Waals surface area contributed by atoms with E-state index >= 15 is 0 Å². The van der Waals surface area contributed by atoms with E-state index < -0.39 is 11.2 Å². The molecule has 0 spiro atoms. The first-order valence-corrected chi connectivity index (χ1v) is 12.2. The molecule has 2 bridgehead atoms. The molecule has 2 unspecified atom stereocenters. The molecule has 3 heterocycles. The van der Waals surface area contributed by atoms with E-state index in [4.69, 9.17) is 9.47 Å². The molecule has 4 fully saturated rings. The molecular formula is C26H39NO4. The van der Waals surface area contributed by atoms with Crippen LogP contribution in [0.1, 0.15) is 76.3 Å². The Hall–Kier alpha value is -1.30. The maximum absolute atomic E-state index is 11.4. The van der Waals surface area contributed by atoms with Gasteiger partial charge in [-0.3, -0.25) is 4.90 Å². The summed E-state index contributed by atoms with van der Waals surface area (Å²) in [6.07, 6.45) is 6.28. The number of rotatable bonds is 3. The molecule has 6 rings (SSSR count). The van der Waals surface area contributed by atoms with E-state index in [9.17, 15) is 10.2 Å². The van der Waals surface area contributed by atoms with Gasteiger partial charge in [0.15, 0.2) is 11.5 Å². The molecule has 2 aliphatic carbocycles. The van der Waals surface area contributed by atoms with Crippen LogP contribution in [-0.2, 0) is 4.74 Å². The molecule has 5 heteroatoms. The Bertz CT molecular complexity index is 845. The number of aliphatic hydroxyl groups is 1. The smallest absolute Gasteiger partial charge is 0.165 e. The Labute approximate surface area is 186 Å². The van der Waals surface area contributed by atoms with Gasteiger partial charge in [-0.15, -0.1) is 0 Å². The highest BCUT2D eigenvalue weighted by Gasteiger charge is 2.61. The highest BCUT2D eigenvalue weighted by molar-refractivity contribution is 5.55. The first-order chi connectivity index (χ1) is 14.7. The van der Waals surface area contributed by atoms with Gasteiger partial charge in [-0.1, -0.05) is 6.07 Å². The average molecular weight is 430 g/mol. The van der Waals surface area contributed by atoms with Crippen molar-refractivity contribution in [3.05, 3.63) is 23.3 Å². The molecule has 2 saturated heterocycles. The molecule has 3 aliphatic heterocycles. The first-order valence-electron chi connectivity index (χ1n) is 12.2. The molecular weight excluding hydrogens is 390 g/mol. The molecule has 5 nitrogen and oxygen atoms in total. The number of nitrogens with zero attached hydrogens (tertiary/aromatic N) is 1. The summed E-state index contributed by atoms with van der Waals surface area (Å²) < 4.78 is 13.0. The van der Waals surface area contributed by atoms with Gasteiger partial charge in [-0.2, -0.15) is 0 Å². The number of ether oxygens (including phenoxy) is 2. The summed E-state index contributed by atoms with van der Waals surface area (Å²) >= 11 is 0. The summed E-state index contributed by atoms with van der Waals surface area (Å²) in [5, 5.41) is 22.0. The summed E-state index contributed by atoms with van der Waals surface area (Å²) in [5.74, 6) is 1.52. The number of methoxy groups -OCH3 is 1. The van der Waals surface area contributed by atoms with Crippen LogP contribution in [0.4, 0.5) is 0 Å². The normalized spacial score (nSPS) is 38.5. The van der Waals surface area contributed by atoms with Gasteiger partial charge in [0.2, 0.25) is 0 Å². The maximum atomic E-state index is 11.4. The van der Waals surface area contributed by atoms with Crippen LogP contribution in [0.25, 0.3) is 0 Å².